The highest BCUT2D eigenvalue weighted by Crippen LogP contribution is 2.39. The van der Waals surface area contributed by atoms with Gasteiger partial charge < -0.3 is 28.7 Å². The third-order valence-corrected chi connectivity index (χ3v) is 5.76. The van der Waals surface area contributed by atoms with Crippen LogP contribution in [0.25, 0.3) is 6.08 Å². The standard InChI is InChI=1S/C23H21N3O8/c27-22(6-5-15-11-19-20(33-14-32-19)12-17(15)26(29)30)25-13-21(23(28)24-7-9-31-10-8-24)34-18-4-2-1-3-16(18)25/h1-6,11-12,21H,7-10,13-14H2/b6-5+. The number of carbonyl (C=O) groups is 2. The summed E-state index contributed by atoms with van der Waals surface area (Å²) in [5, 5.41) is 11.5. The van der Waals surface area contributed by atoms with E-state index in [0.29, 0.717) is 43.5 Å². The molecule has 5 rings (SSSR count). The Kier molecular flexibility index (Phi) is 5.76. The highest BCUT2D eigenvalue weighted by molar-refractivity contribution is 6.06. The molecule has 11 nitrogen and oxygen atoms in total. The topological polar surface area (TPSA) is 121 Å². The second-order valence-corrected chi connectivity index (χ2v) is 7.82. The van der Waals surface area contributed by atoms with Gasteiger partial charge in [0.05, 0.1) is 42.0 Å². The molecule has 2 amide bonds. The van der Waals surface area contributed by atoms with E-state index >= 15 is 0 Å². The van der Waals surface area contributed by atoms with Gasteiger partial charge in [0.15, 0.2) is 17.6 Å². The lowest BCUT2D eigenvalue weighted by Gasteiger charge is -2.37. The van der Waals surface area contributed by atoms with Crippen molar-refractivity contribution in [2.24, 2.45) is 0 Å². The van der Waals surface area contributed by atoms with Gasteiger partial charge in [0.25, 0.3) is 17.5 Å². The van der Waals surface area contributed by atoms with E-state index in [1.165, 1.54) is 29.2 Å². The van der Waals surface area contributed by atoms with E-state index in [0.717, 1.165) is 0 Å². The first-order chi connectivity index (χ1) is 16.5. The first kappa shape index (κ1) is 21.7. The van der Waals surface area contributed by atoms with Crippen LogP contribution in [0.5, 0.6) is 17.2 Å². The highest BCUT2D eigenvalue weighted by atomic mass is 16.7. The third-order valence-electron chi connectivity index (χ3n) is 5.76. The summed E-state index contributed by atoms with van der Waals surface area (Å²) < 4.78 is 21.7. The van der Waals surface area contributed by atoms with E-state index in [1.807, 2.05) is 0 Å². The number of benzene rings is 2. The quantitative estimate of drug-likeness (QED) is 0.380. The number of amides is 2. The number of nitro benzene ring substituents is 1. The Hall–Kier alpha value is -4.12. The van der Waals surface area contributed by atoms with Gasteiger partial charge in [-0.25, -0.2) is 0 Å². The lowest BCUT2D eigenvalue weighted by atomic mass is 10.1. The van der Waals surface area contributed by atoms with Crippen LogP contribution in [0.3, 0.4) is 0 Å². The van der Waals surface area contributed by atoms with Gasteiger partial charge in [-0.05, 0) is 24.3 Å². The minimum atomic E-state index is -0.870. The van der Waals surface area contributed by atoms with Crippen LogP contribution in [-0.2, 0) is 14.3 Å². The zero-order valence-electron chi connectivity index (χ0n) is 18.0. The number of nitro groups is 1. The Bertz CT molecular complexity index is 1170. The number of fused-ring (bicyclic) bond motifs is 2. The summed E-state index contributed by atoms with van der Waals surface area (Å²) in [7, 11) is 0. The molecule has 1 fully saturated rings. The van der Waals surface area contributed by atoms with Gasteiger partial charge in [0.2, 0.25) is 6.79 Å². The van der Waals surface area contributed by atoms with Crippen LogP contribution in [0.4, 0.5) is 11.4 Å². The van der Waals surface area contributed by atoms with Crippen LogP contribution in [0.1, 0.15) is 5.56 Å². The largest absolute Gasteiger partial charge is 0.476 e. The summed E-state index contributed by atoms with van der Waals surface area (Å²) in [6, 6.07) is 9.67. The molecule has 3 aliphatic heterocycles. The van der Waals surface area contributed by atoms with Gasteiger partial charge in [-0.1, -0.05) is 12.1 Å². The molecule has 0 saturated carbocycles. The Morgan fingerprint density at radius 3 is 2.56 bits per heavy atom. The average Bonchev–Trinajstić information content (AvgIpc) is 3.33. The number of nitrogens with zero attached hydrogens (tertiary/aromatic N) is 3. The van der Waals surface area contributed by atoms with Gasteiger partial charge in [-0.2, -0.15) is 0 Å². The van der Waals surface area contributed by atoms with E-state index in [1.54, 1.807) is 29.2 Å². The van der Waals surface area contributed by atoms with Gasteiger partial charge in [-0.15, -0.1) is 0 Å². The van der Waals surface area contributed by atoms with E-state index in [2.05, 4.69) is 0 Å². The number of para-hydroxylation sites is 2. The van der Waals surface area contributed by atoms with Crippen LogP contribution in [0.15, 0.2) is 42.5 Å². The smallest absolute Gasteiger partial charge is 0.280 e. The van der Waals surface area contributed by atoms with Crippen molar-refractivity contribution in [1.82, 2.24) is 4.90 Å². The summed E-state index contributed by atoms with van der Waals surface area (Å²) in [4.78, 5) is 40.3. The van der Waals surface area contributed by atoms with Crippen LogP contribution in [0.2, 0.25) is 0 Å². The van der Waals surface area contributed by atoms with E-state index < -0.39 is 16.9 Å². The Balaban J connectivity index is 1.41. The van der Waals surface area contributed by atoms with Crippen LogP contribution < -0.4 is 19.1 Å². The fourth-order valence-electron chi connectivity index (χ4n) is 4.05. The monoisotopic (exact) mass is 467 g/mol. The molecule has 3 heterocycles. The molecule has 0 bridgehead atoms. The average molecular weight is 467 g/mol. The molecule has 1 saturated heterocycles. The number of ether oxygens (including phenoxy) is 4. The van der Waals surface area contributed by atoms with E-state index in [9.17, 15) is 19.7 Å². The molecule has 34 heavy (non-hydrogen) atoms. The van der Waals surface area contributed by atoms with Crippen molar-refractivity contribution in [2.45, 2.75) is 6.10 Å². The molecule has 0 radical (unpaired) electrons. The minimum absolute atomic E-state index is 0.0135. The molecule has 0 aromatic heterocycles. The van der Waals surface area contributed by atoms with Crippen LogP contribution in [0, 0.1) is 10.1 Å². The summed E-state index contributed by atoms with van der Waals surface area (Å²) in [5.74, 6) is 0.400. The second-order valence-electron chi connectivity index (χ2n) is 7.82. The van der Waals surface area contributed by atoms with Gasteiger partial charge in [-0.3, -0.25) is 19.7 Å². The number of hydrogen-bond acceptors (Lipinski definition) is 8. The Labute approximate surface area is 194 Å². The maximum Gasteiger partial charge on any atom is 0.280 e. The summed E-state index contributed by atoms with van der Waals surface area (Å²) >= 11 is 0. The number of anilines is 1. The van der Waals surface area contributed by atoms with Crippen LogP contribution >= 0.6 is 0 Å². The van der Waals surface area contributed by atoms with Crippen molar-refractivity contribution >= 4 is 29.3 Å². The number of carbonyl (C=O) groups excluding carboxylic acids is 2. The van der Waals surface area contributed by atoms with Crippen molar-refractivity contribution in [1.29, 1.82) is 0 Å². The molecule has 3 aliphatic rings. The Morgan fingerprint density at radius 2 is 1.79 bits per heavy atom. The molecule has 1 unspecified atom stereocenters. The molecular weight excluding hydrogens is 446 g/mol. The van der Waals surface area contributed by atoms with Gasteiger partial charge >= 0.3 is 0 Å². The van der Waals surface area contributed by atoms with Crippen molar-refractivity contribution in [2.75, 3.05) is 44.5 Å². The lowest BCUT2D eigenvalue weighted by molar-refractivity contribution is -0.385. The molecule has 0 N–H and O–H groups in total. The molecular formula is C23H21N3O8. The normalized spacial score (nSPS) is 19.0. The minimum Gasteiger partial charge on any atom is -0.476 e. The maximum absolute atomic E-state index is 13.2. The number of rotatable bonds is 4. The predicted molar refractivity (Wildman–Crippen MR) is 119 cm³/mol. The van der Waals surface area contributed by atoms with Crippen molar-refractivity contribution in [3.05, 3.63) is 58.2 Å². The molecule has 2 aromatic carbocycles. The fourth-order valence-corrected chi connectivity index (χ4v) is 4.05. The summed E-state index contributed by atoms with van der Waals surface area (Å²) in [6.45, 7) is 1.81. The molecule has 176 valence electrons. The zero-order valence-corrected chi connectivity index (χ0v) is 18.0. The zero-order chi connectivity index (χ0) is 23.7. The van der Waals surface area contributed by atoms with Crippen molar-refractivity contribution in [3.8, 4) is 17.2 Å². The number of hydrogen-bond donors (Lipinski definition) is 0. The van der Waals surface area contributed by atoms with Crippen molar-refractivity contribution in [3.63, 3.8) is 0 Å². The second kappa shape index (κ2) is 9.02. The number of morpholine rings is 1. The van der Waals surface area contributed by atoms with E-state index in [4.69, 9.17) is 18.9 Å². The Morgan fingerprint density at radius 1 is 1.06 bits per heavy atom. The molecule has 11 heteroatoms. The highest BCUT2D eigenvalue weighted by Gasteiger charge is 2.36. The summed E-state index contributed by atoms with van der Waals surface area (Å²) in [5.41, 5.74) is 0.504. The van der Waals surface area contributed by atoms with Gasteiger partial charge in [0.1, 0.15) is 5.75 Å². The molecule has 1 atom stereocenters. The molecule has 2 aromatic rings. The van der Waals surface area contributed by atoms with Gasteiger partial charge in [0, 0.05) is 19.2 Å². The first-order valence-corrected chi connectivity index (χ1v) is 10.7. The predicted octanol–water partition coefficient (Wildman–Crippen LogP) is 1.99. The third kappa shape index (κ3) is 4.13. The summed E-state index contributed by atoms with van der Waals surface area (Å²) in [6.07, 6.45) is 1.73. The maximum atomic E-state index is 13.2. The molecule has 0 spiro atoms. The van der Waals surface area contributed by atoms with Crippen molar-refractivity contribution < 1.29 is 33.5 Å². The molecule has 0 aliphatic carbocycles. The lowest BCUT2D eigenvalue weighted by Crippen LogP contribution is -2.53. The SMILES string of the molecule is O=C(C1CN(C(=O)/C=C/c2cc3c(cc2[N+](=O)[O-])OCO3)c2ccccc2O1)N1CCOCC1. The first-order valence-electron chi connectivity index (χ1n) is 10.7. The fraction of sp³-hybridized carbons (Fsp3) is 0.304. The van der Waals surface area contributed by atoms with E-state index in [-0.39, 0.29) is 36.2 Å². The van der Waals surface area contributed by atoms with Crippen LogP contribution in [-0.4, -0.2) is 67.4 Å².